The molecular weight excluding hydrogens is 320 g/mol. The van der Waals surface area contributed by atoms with E-state index >= 15 is 0 Å². The van der Waals surface area contributed by atoms with E-state index in [1.54, 1.807) is 23.9 Å². The Hall–Kier alpha value is -2.54. The Morgan fingerprint density at radius 2 is 2.17 bits per heavy atom. The fraction of sp³-hybridized carbons (Fsp3) is 0.294. The summed E-state index contributed by atoms with van der Waals surface area (Å²) >= 11 is 1.66. The van der Waals surface area contributed by atoms with Crippen LogP contribution in [0.3, 0.4) is 0 Å². The minimum absolute atomic E-state index is 0.851. The van der Waals surface area contributed by atoms with Gasteiger partial charge in [0.15, 0.2) is 0 Å². The molecule has 1 N–H and O–H groups in total. The number of imidazole rings is 1. The summed E-state index contributed by atoms with van der Waals surface area (Å²) in [6.07, 6.45) is 8.25. The molecule has 0 aliphatic rings. The summed E-state index contributed by atoms with van der Waals surface area (Å²) in [6.45, 7) is 5.93. The molecular formula is C17H18N6S. The average molecular weight is 338 g/mol. The number of aromatic nitrogens is 5. The molecule has 0 aromatic carbocycles. The molecule has 0 fully saturated rings. The number of aryl methyl sites for hydroxylation is 3. The summed E-state index contributed by atoms with van der Waals surface area (Å²) in [5.41, 5.74) is 3.25. The molecule has 4 rings (SSSR count). The van der Waals surface area contributed by atoms with Crippen molar-refractivity contribution in [3.8, 4) is 0 Å². The SMILES string of the molecule is Cc1cc(C)c2c(n1)sc1c(NCCCn3ccnc3)ncnc12. The van der Waals surface area contributed by atoms with E-state index in [1.165, 1.54) is 5.56 Å². The van der Waals surface area contributed by atoms with Gasteiger partial charge in [0.05, 0.1) is 16.5 Å². The number of hydrogen-bond acceptors (Lipinski definition) is 6. The largest absolute Gasteiger partial charge is 0.369 e. The standard InChI is InChI=1S/C17H18N6S/c1-11-8-12(2)22-17-13(11)14-15(24-17)16(21-9-20-14)19-4-3-6-23-7-5-18-10-23/h5,7-10H,3-4,6H2,1-2H3,(H,19,20,21). The van der Waals surface area contributed by atoms with Crippen molar-refractivity contribution in [3.05, 3.63) is 42.4 Å². The maximum atomic E-state index is 4.66. The van der Waals surface area contributed by atoms with E-state index in [1.807, 2.05) is 19.4 Å². The van der Waals surface area contributed by atoms with Gasteiger partial charge in [-0.15, -0.1) is 11.3 Å². The molecule has 0 saturated heterocycles. The van der Waals surface area contributed by atoms with Crippen LogP contribution in [-0.2, 0) is 6.54 Å². The lowest BCUT2D eigenvalue weighted by atomic mass is 10.1. The number of nitrogens with one attached hydrogen (secondary N) is 1. The van der Waals surface area contributed by atoms with Crippen LogP contribution in [0.25, 0.3) is 20.4 Å². The van der Waals surface area contributed by atoms with E-state index in [0.29, 0.717) is 0 Å². The Bertz CT molecular complexity index is 989. The van der Waals surface area contributed by atoms with Gasteiger partial charge < -0.3 is 9.88 Å². The second-order valence-electron chi connectivity index (χ2n) is 5.84. The van der Waals surface area contributed by atoms with Crippen molar-refractivity contribution >= 4 is 37.6 Å². The minimum atomic E-state index is 0.851. The quantitative estimate of drug-likeness (QED) is 0.564. The molecule has 0 aliphatic carbocycles. The van der Waals surface area contributed by atoms with Crippen molar-refractivity contribution in [1.82, 2.24) is 24.5 Å². The molecule has 122 valence electrons. The Labute approximate surface area is 143 Å². The minimum Gasteiger partial charge on any atom is -0.369 e. The van der Waals surface area contributed by atoms with Gasteiger partial charge in [0.1, 0.15) is 17.0 Å². The second kappa shape index (κ2) is 6.16. The van der Waals surface area contributed by atoms with Gasteiger partial charge in [0.25, 0.3) is 0 Å². The number of pyridine rings is 1. The van der Waals surface area contributed by atoms with Crippen molar-refractivity contribution in [3.63, 3.8) is 0 Å². The molecule has 0 radical (unpaired) electrons. The summed E-state index contributed by atoms with van der Waals surface area (Å²) < 4.78 is 3.16. The molecule has 24 heavy (non-hydrogen) atoms. The van der Waals surface area contributed by atoms with Crippen molar-refractivity contribution in [1.29, 1.82) is 0 Å². The van der Waals surface area contributed by atoms with Crippen LogP contribution in [0, 0.1) is 13.8 Å². The number of thiophene rings is 1. The molecule has 0 amide bonds. The normalized spacial score (nSPS) is 11.4. The van der Waals surface area contributed by atoms with Crippen LogP contribution >= 0.6 is 11.3 Å². The summed E-state index contributed by atoms with van der Waals surface area (Å²) in [7, 11) is 0. The zero-order valence-corrected chi connectivity index (χ0v) is 14.5. The van der Waals surface area contributed by atoms with Gasteiger partial charge in [-0.1, -0.05) is 0 Å². The summed E-state index contributed by atoms with van der Waals surface area (Å²) in [6, 6.07) is 2.11. The highest BCUT2D eigenvalue weighted by Gasteiger charge is 2.14. The third kappa shape index (κ3) is 2.71. The topological polar surface area (TPSA) is 68.5 Å². The van der Waals surface area contributed by atoms with Crippen LogP contribution in [0.2, 0.25) is 0 Å². The molecule has 4 aromatic rings. The first-order valence-corrected chi connectivity index (χ1v) is 8.75. The summed E-state index contributed by atoms with van der Waals surface area (Å²) in [4.78, 5) is 18.7. The molecule has 0 atom stereocenters. The highest BCUT2D eigenvalue weighted by atomic mass is 32.1. The maximum Gasteiger partial charge on any atom is 0.147 e. The van der Waals surface area contributed by atoms with E-state index in [-0.39, 0.29) is 0 Å². The molecule has 7 heteroatoms. The highest BCUT2D eigenvalue weighted by Crippen LogP contribution is 2.36. The van der Waals surface area contributed by atoms with E-state index in [4.69, 9.17) is 0 Å². The van der Waals surface area contributed by atoms with Crippen LogP contribution in [0.15, 0.2) is 31.1 Å². The third-order valence-corrected chi connectivity index (χ3v) is 5.08. The lowest BCUT2D eigenvalue weighted by molar-refractivity contribution is 0.660. The molecule has 6 nitrogen and oxygen atoms in total. The Balaban J connectivity index is 1.60. The molecule has 4 heterocycles. The third-order valence-electron chi connectivity index (χ3n) is 4.00. The van der Waals surface area contributed by atoms with Crippen molar-refractivity contribution in [2.45, 2.75) is 26.8 Å². The van der Waals surface area contributed by atoms with Crippen LogP contribution in [0.5, 0.6) is 0 Å². The van der Waals surface area contributed by atoms with Crippen LogP contribution in [0.4, 0.5) is 5.82 Å². The number of fused-ring (bicyclic) bond motifs is 3. The van der Waals surface area contributed by atoms with Crippen molar-refractivity contribution in [2.24, 2.45) is 0 Å². The molecule has 0 spiro atoms. The number of hydrogen-bond donors (Lipinski definition) is 1. The van der Waals surface area contributed by atoms with E-state index in [0.717, 1.165) is 51.5 Å². The number of nitrogens with zero attached hydrogens (tertiary/aromatic N) is 5. The zero-order valence-electron chi connectivity index (χ0n) is 13.7. The van der Waals surface area contributed by atoms with Gasteiger partial charge in [-0.2, -0.15) is 0 Å². The fourth-order valence-electron chi connectivity index (χ4n) is 2.92. The Kier molecular flexibility index (Phi) is 3.86. The first-order valence-electron chi connectivity index (χ1n) is 7.93. The maximum absolute atomic E-state index is 4.66. The summed E-state index contributed by atoms with van der Waals surface area (Å²) in [5, 5.41) is 4.59. The van der Waals surface area contributed by atoms with E-state index in [2.05, 4.69) is 42.8 Å². The predicted octanol–water partition coefficient (Wildman–Crippen LogP) is 3.56. The first kappa shape index (κ1) is 15.0. The molecule has 0 bridgehead atoms. The Morgan fingerprint density at radius 1 is 1.25 bits per heavy atom. The van der Waals surface area contributed by atoms with Crippen LogP contribution in [0.1, 0.15) is 17.7 Å². The van der Waals surface area contributed by atoms with E-state index < -0.39 is 0 Å². The van der Waals surface area contributed by atoms with Gasteiger partial charge in [0, 0.05) is 36.6 Å². The average Bonchev–Trinajstić information content (AvgIpc) is 3.18. The number of rotatable bonds is 5. The summed E-state index contributed by atoms with van der Waals surface area (Å²) in [5.74, 6) is 0.894. The monoisotopic (exact) mass is 338 g/mol. The lowest BCUT2D eigenvalue weighted by Gasteiger charge is -2.06. The first-order chi connectivity index (χ1) is 11.7. The second-order valence-corrected chi connectivity index (χ2v) is 6.84. The predicted molar refractivity (Wildman–Crippen MR) is 97.5 cm³/mol. The molecule has 0 saturated carbocycles. The smallest absolute Gasteiger partial charge is 0.147 e. The molecule has 0 unspecified atom stereocenters. The molecule has 4 aromatic heterocycles. The molecule has 0 aliphatic heterocycles. The van der Waals surface area contributed by atoms with Gasteiger partial charge >= 0.3 is 0 Å². The zero-order chi connectivity index (χ0) is 16.5. The van der Waals surface area contributed by atoms with Gasteiger partial charge in [0.2, 0.25) is 0 Å². The number of anilines is 1. The lowest BCUT2D eigenvalue weighted by Crippen LogP contribution is -2.07. The van der Waals surface area contributed by atoms with E-state index in [9.17, 15) is 0 Å². The van der Waals surface area contributed by atoms with Gasteiger partial charge in [-0.25, -0.2) is 19.9 Å². The Morgan fingerprint density at radius 3 is 3.00 bits per heavy atom. The van der Waals surface area contributed by atoms with Gasteiger partial charge in [-0.05, 0) is 31.9 Å². The fourth-order valence-corrected chi connectivity index (χ4v) is 4.14. The van der Waals surface area contributed by atoms with Crippen molar-refractivity contribution in [2.75, 3.05) is 11.9 Å². The van der Waals surface area contributed by atoms with Crippen molar-refractivity contribution < 1.29 is 0 Å². The highest BCUT2D eigenvalue weighted by molar-refractivity contribution is 7.26. The van der Waals surface area contributed by atoms with Gasteiger partial charge in [-0.3, -0.25) is 0 Å². The van der Waals surface area contributed by atoms with Crippen LogP contribution < -0.4 is 5.32 Å². The van der Waals surface area contributed by atoms with Crippen LogP contribution in [-0.4, -0.2) is 31.0 Å².